The molecule has 6 rings (SSSR count). The van der Waals surface area contributed by atoms with Gasteiger partial charge in [-0.3, -0.25) is 0 Å². The summed E-state index contributed by atoms with van der Waals surface area (Å²) < 4.78 is 7.16. The number of rotatable bonds is 3. The molecule has 4 nitrogen and oxygen atoms in total. The van der Waals surface area contributed by atoms with Crippen LogP contribution in [-0.4, -0.2) is 11.7 Å². The minimum Gasteiger partial charge on any atom is -0.456 e. The standard InChI is InChI=1S/C27H20BrN3O/c28-19-11-6-10-18(16-19)26-29-25(17-8-2-1-3-9-17)30-27(31-26)21-13-7-15-23-24(21)20-12-4-5-14-22(20)32-23/h1-3,5-11,13-16,25H,4,12H2,(H,29,30,31). The molecule has 2 aliphatic rings. The van der Waals surface area contributed by atoms with Crippen molar-refractivity contribution < 1.29 is 4.42 Å². The normalized spacial score (nSPS) is 17.5. The molecule has 1 N–H and O–H groups in total. The fourth-order valence-electron chi connectivity index (χ4n) is 4.38. The maximum absolute atomic E-state index is 6.15. The van der Waals surface area contributed by atoms with Gasteiger partial charge in [0.2, 0.25) is 0 Å². The molecule has 0 radical (unpaired) electrons. The van der Waals surface area contributed by atoms with E-state index in [-0.39, 0.29) is 6.17 Å². The lowest BCUT2D eigenvalue weighted by Crippen LogP contribution is -2.33. The Kier molecular flexibility index (Phi) is 4.76. The van der Waals surface area contributed by atoms with Gasteiger partial charge in [-0.05, 0) is 42.7 Å². The summed E-state index contributed by atoms with van der Waals surface area (Å²) in [5, 5.41) is 4.72. The van der Waals surface area contributed by atoms with Gasteiger partial charge in [-0.25, -0.2) is 9.98 Å². The second-order valence-corrected chi connectivity index (χ2v) is 8.86. The molecule has 4 aromatic rings. The monoisotopic (exact) mass is 481 g/mol. The minimum absolute atomic E-state index is 0.226. The zero-order chi connectivity index (χ0) is 21.5. The summed E-state index contributed by atoms with van der Waals surface area (Å²) >= 11 is 3.58. The highest BCUT2D eigenvalue weighted by Gasteiger charge is 2.25. The van der Waals surface area contributed by atoms with Crippen LogP contribution in [0.25, 0.3) is 17.0 Å². The Morgan fingerprint density at radius 1 is 0.969 bits per heavy atom. The summed E-state index contributed by atoms with van der Waals surface area (Å²) in [7, 11) is 0. The summed E-state index contributed by atoms with van der Waals surface area (Å²) in [6, 6.07) is 24.6. The lowest BCUT2D eigenvalue weighted by Gasteiger charge is -2.24. The molecule has 0 saturated carbocycles. The molecule has 1 atom stereocenters. The number of furan rings is 1. The molecular formula is C27H20BrN3O. The number of aryl methyl sites for hydroxylation is 1. The molecular weight excluding hydrogens is 462 g/mol. The number of halogens is 1. The Morgan fingerprint density at radius 3 is 2.72 bits per heavy atom. The van der Waals surface area contributed by atoms with E-state index in [9.17, 15) is 0 Å². The first kappa shape index (κ1) is 19.3. The van der Waals surface area contributed by atoms with Gasteiger partial charge in [0.15, 0.2) is 5.84 Å². The Bertz CT molecular complexity index is 1420. The van der Waals surface area contributed by atoms with E-state index in [4.69, 9.17) is 14.4 Å². The zero-order valence-corrected chi connectivity index (χ0v) is 18.8. The van der Waals surface area contributed by atoms with Crippen LogP contribution < -0.4 is 5.32 Å². The average Bonchev–Trinajstić information content (AvgIpc) is 3.23. The summed E-state index contributed by atoms with van der Waals surface area (Å²) in [6.45, 7) is 0. The number of nitrogens with zero attached hydrogens (tertiary/aromatic N) is 2. The average molecular weight is 482 g/mol. The number of nitrogens with one attached hydrogen (secondary N) is 1. The van der Waals surface area contributed by atoms with Crippen molar-refractivity contribution in [3.05, 3.63) is 111 Å². The van der Waals surface area contributed by atoms with Gasteiger partial charge in [-0.15, -0.1) is 0 Å². The van der Waals surface area contributed by atoms with E-state index < -0.39 is 0 Å². The van der Waals surface area contributed by atoms with Gasteiger partial charge in [-0.1, -0.05) is 76.6 Å². The first-order chi connectivity index (χ1) is 15.8. The fraction of sp³-hybridized carbons (Fsp3) is 0.111. The maximum Gasteiger partial charge on any atom is 0.159 e. The van der Waals surface area contributed by atoms with Crippen LogP contribution in [0.1, 0.15) is 40.6 Å². The van der Waals surface area contributed by atoms with Crippen LogP contribution in [-0.2, 0) is 6.42 Å². The number of hydrogen-bond acceptors (Lipinski definition) is 4. The van der Waals surface area contributed by atoms with E-state index in [1.54, 1.807) is 0 Å². The molecule has 2 heterocycles. The Labute approximate surface area is 194 Å². The largest absolute Gasteiger partial charge is 0.456 e. The highest BCUT2D eigenvalue weighted by atomic mass is 79.9. The van der Waals surface area contributed by atoms with Crippen LogP contribution >= 0.6 is 15.9 Å². The van der Waals surface area contributed by atoms with Gasteiger partial charge in [0.1, 0.15) is 23.3 Å². The van der Waals surface area contributed by atoms with Gasteiger partial charge in [0.05, 0.1) is 0 Å². The summed E-state index contributed by atoms with van der Waals surface area (Å²) in [6.07, 6.45) is 6.02. The lowest BCUT2D eigenvalue weighted by molar-refractivity contribution is 0.595. The van der Waals surface area contributed by atoms with Gasteiger partial charge >= 0.3 is 0 Å². The van der Waals surface area contributed by atoms with E-state index in [1.807, 2.05) is 48.5 Å². The van der Waals surface area contributed by atoms with Crippen molar-refractivity contribution in [1.29, 1.82) is 0 Å². The van der Waals surface area contributed by atoms with Crippen molar-refractivity contribution in [2.45, 2.75) is 19.0 Å². The molecule has 0 amide bonds. The van der Waals surface area contributed by atoms with E-state index in [0.29, 0.717) is 5.84 Å². The molecule has 156 valence electrons. The van der Waals surface area contributed by atoms with Crippen molar-refractivity contribution in [1.82, 2.24) is 5.32 Å². The van der Waals surface area contributed by atoms with Crippen molar-refractivity contribution in [3.63, 3.8) is 0 Å². The number of hydrogen-bond donors (Lipinski definition) is 1. The molecule has 1 aromatic heterocycles. The molecule has 0 spiro atoms. The Balaban J connectivity index is 1.53. The number of benzene rings is 3. The third-order valence-corrected chi connectivity index (χ3v) is 6.36. The number of amidine groups is 2. The first-order valence-corrected chi connectivity index (χ1v) is 11.5. The van der Waals surface area contributed by atoms with Crippen molar-refractivity contribution in [3.8, 4) is 0 Å². The smallest absolute Gasteiger partial charge is 0.159 e. The van der Waals surface area contributed by atoms with E-state index >= 15 is 0 Å². The molecule has 1 aliphatic carbocycles. The molecule has 0 bridgehead atoms. The van der Waals surface area contributed by atoms with Crippen LogP contribution in [0.3, 0.4) is 0 Å². The quantitative estimate of drug-likeness (QED) is 0.356. The predicted molar refractivity (Wildman–Crippen MR) is 133 cm³/mol. The van der Waals surface area contributed by atoms with Gasteiger partial charge in [0, 0.05) is 26.5 Å². The second kappa shape index (κ2) is 7.92. The second-order valence-electron chi connectivity index (χ2n) is 7.95. The van der Waals surface area contributed by atoms with Crippen LogP contribution in [0, 0.1) is 0 Å². The third-order valence-electron chi connectivity index (χ3n) is 5.87. The SMILES string of the molecule is Brc1cccc(C2=NC(c3ccccc3)NC(c3cccc4oc5c(c34)CCC=C5)=N2)c1. The van der Waals surface area contributed by atoms with Crippen LogP contribution in [0.2, 0.25) is 0 Å². The van der Waals surface area contributed by atoms with E-state index in [2.05, 4.69) is 57.7 Å². The first-order valence-electron chi connectivity index (χ1n) is 10.7. The maximum atomic E-state index is 6.15. The van der Waals surface area contributed by atoms with Gasteiger partial charge in [0.25, 0.3) is 0 Å². The Hall–Kier alpha value is -3.44. The Morgan fingerprint density at radius 2 is 1.84 bits per heavy atom. The number of allylic oxidation sites excluding steroid dienone is 1. The van der Waals surface area contributed by atoms with E-state index in [0.717, 1.165) is 56.6 Å². The summed E-state index contributed by atoms with van der Waals surface area (Å²) in [5.74, 6) is 2.48. The summed E-state index contributed by atoms with van der Waals surface area (Å²) in [5.41, 5.74) is 5.27. The molecule has 1 aliphatic heterocycles. The molecule has 0 saturated heterocycles. The van der Waals surface area contributed by atoms with Crippen LogP contribution in [0.4, 0.5) is 0 Å². The van der Waals surface area contributed by atoms with Crippen molar-refractivity contribution in [2.75, 3.05) is 0 Å². The third kappa shape index (κ3) is 3.39. The van der Waals surface area contributed by atoms with Gasteiger partial charge < -0.3 is 9.73 Å². The highest BCUT2D eigenvalue weighted by Crippen LogP contribution is 2.34. The predicted octanol–water partition coefficient (Wildman–Crippen LogP) is 6.65. The number of fused-ring (bicyclic) bond motifs is 3. The molecule has 5 heteroatoms. The lowest BCUT2D eigenvalue weighted by atomic mass is 9.97. The highest BCUT2D eigenvalue weighted by molar-refractivity contribution is 9.10. The molecule has 0 fully saturated rings. The van der Waals surface area contributed by atoms with Crippen LogP contribution in [0.5, 0.6) is 0 Å². The zero-order valence-electron chi connectivity index (χ0n) is 17.3. The molecule has 1 unspecified atom stereocenters. The molecule has 32 heavy (non-hydrogen) atoms. The van der Waals surface area contributed by atoms with Gasteiger partial charge in [-0.2, -0.15) is 0 Å². The van der Waals surface area contributed by atoms with E-state index in [1.165, 1.54) is 5.56 Å². The molecule has 3 aromatic carbocycles. The number of aliphatic imine (C=N–C) groups is 2. The van der Waals surface area contributed by atoms with Crippen molar-refractivity contribution >= 4 is 44.6 Å². The summed E-state index contributed by atoms with van der Waals surface area (Å²) in [4.78, 5) is 9.95. The topological polar surface area (TPSA) is 49.9 Å². The van der Waals surface area contributed by atoms with Crippen LogP contribution in [0.15, 0.2) is 97.7 Å². The minimum atomic E-state index is -0.226. The fourth-order valence-corrected chi connectivity index (χ4v) is 4.78. The van der Waals surface area contributed by atoms with Crippen molar-refractivity contribution in [2.24, 2.45) is 9.98 Å².